The molecule has 3 heteroatoms. The maximum atomic E-state index is 5.64. The van der Waals surface area contributed by atoms with Crippen LogP contribution < -0.4 is 0 Å². The summed E-state index contributed by atoms with van der Waals surface area (Å²) in [5, 5.41) is 0. The van der Waals surface area contributed by atoms with E-state index in [0.717, 1.165) is 31.0 Å². The Labute approximate surface area is 101 Å². The van der Waals surface area contributed by atoms with Gasteiger partial charge < -0.3 is 4.57 Å². The van der Waals surface area contributed by atoms with E-state index in [0.29, 0.717) is 0 Å². The first-order chi connectivity index (χ1) is 7.90. The van der Waals surface area contributed by atoms with E-state index < -0.39 is 0 Å². The highest BCUT2D eigenvalue weighted by atomic mass is 35.5. The number of imidazole rings is 1. The van der Waals surface area contributed by atoms with Crippen LogP contribution in [0.3, 0.4) is 0 Å². The normalized spacial score (nSPS) is 10.6. The lowest BCUT2D eigenvalue weighted by Gasteiger charge is -1.99. The summed E-state index contributed by atoms with van der Waals surface area (Å²) in [7, 11) is 0. The number of halogens is 1. The lowest BCUT2D eigenvalue weighted by atomic mass is 10.2. The van der Waals surface area contributed by atoms with Gasteiger partial charge in [-0.15, -0.1) is 11.6 Å². The van der Waals surface area contributed by atoms with Crippen molar-refractivity contribution in [3.63, 3.8) is 0 Å². The summed E-state index contributed by atoms with van der Waals surface area (Å²) in [4.78, 5) is 4.40. The number of rotatable bonds is 5. The van der Waals surface area contributed by atoms with E-state index in [1.165, 1.54) is 5.56 Å². The zero-order valence-electron chi connectivity index (χ0n) is 9.14. The first kappa shape index (κ1) is 11.2. The van der Waals surface area contributed by atoms with Crippen molar-refractivity contribution in [1.82, 2.24) is 9.55 Å². The van der Waals surface area contributed by atoms with Gasteiger partial charge in [0.05, 0.1) is 12.0 Å². The summed E-state index contributed by atoms with van der Waals surface area (Å²) in [6.07, 6.45) is 6.13. The fraction of sp³-hybridized carbons (Fsp3) is 0.308. The molecule has 0 fully saturated rings. The molecule has 0 saturated heterocycles. The van der Waals surface area contributed by atoms with E-state index in [1.807, 2.05) is 24.5 Å². The van der Waals surface area contributed by atoms with Gasteiger partial charge in [0, 0.05) is 24.2 Å². The summed E-state index contributed by atoms with van der Waals surface area (Å²) in [6, 6.07) is 10.2. The van der Waals surface area contributed by atoms with Crippen LogP contribution in [-0.2, 0) is 6.54 Å². The second-order valence-corrected chi connectivity index (χ2v) is 4.14. The third-order valence-corrected chi connectivity index (χ3v) is 2.77. The Kier molecular flexibility index (Phi) is 4.00. The van der Waals surface area contributed by atoms with Crippen LogP contribution in [0, 0.1) is 0 Å². The van der Waals surface area contributed by atoms with Crippen molar-refractivity contribution in [2.24, 2.45) is 0 Å². The molecule has 0 amide bonds. The van der Waals surface area contributed by atoms with Gasteiger partial charge in [0.2, 0.25) is 0 Å². The van der Waals surface area contributed by atoms with Crippen molar-refractivity contribution in [3.8, 4) is 11.3 Å². The Bertz CT molecular complexity index is 423. The Morgan fingerprint density at radius 3 is 2.69 bits per heavy atom. The second-order valence-electron chi connectivity index (χ2n) is 3.76. The van der Waals surface area contributed by atoms with Gasteiger partial charge in [-0.2, -0.15) is 0 Å². The van der Waals surface area contributed by atoms with Crippen molar-refractivity contribution < 1.29 is 0 Å². The molecule has 2 rings (SSSR count). The smallest absolute Gasteiger partial charge is 0.0953 e. The number of unbranched alkanes of at least 4 members (excludes halogenated alkanes) is 1. The summed E-state index contributed by atoms with van der Waals surface area (Å²) in [5.41, 5.74) is 2.20. The predicted octanol–water partition coefficient (Wildman–Crippen LogP) is 3.57. The first-order valence-electron chi connectivity index (χ1n) is 5.53. The van der Waals surface area contributed by atoms with Crippen molar-refractivity contribution in [2.45, 2.75) is 19.4 Å². The van der Waals surface area contributed by atoms with E-state index in [-0.39, 0.29) is 0 Å². The van der Waals surface area contributed by atoms with Gasteiger partial charge in [-0.25, -0.2) is 4.98 Å². The number of alkyl halides is 1. The first-order valence-corrected chi connectivity index (χ1v) is 6.07. The molecule has 0 aliphatic carbocycles. The van der Waals surface area contributed by atoms with E-state index >= 15 is 0 Å². The maximum Gasteiger partial charge on any atom is 0.0953 e. The van der Waals surface area contributed by atoms with Crippen LogP contribution in [0.1, 0.15) is 12.8 Å². The molecular weight excluding hydrogens is 220 g/mol. The monoisotopic (exact) mass is 234 g/mol. The molecule has 16 heavy (non-hydrogen) atoms. The molecule has 0 unspecified atom stereocenters. The molecule has 1 aromatic heterocycles. The fourth-order valence-corrected chi connectivity index (χ4v) is 1.82. The van der Waals surface area contributed by atoms with E-state index in [9.17, 15) is 0 Å². The Morgan fingerprint density at radius 2 is 1.94 bits per heavy atom. The third kappa shape index (κ3) is 2.86. The van der Waals surface area contributed by atoms with Gasteiger partial charge in [-0.3, -0.25) is 0 Å². The van der Waals surface area contributed by atoms with E-state index in [1.54, 1.807) is 0 Å². The highest BCUT2D eigenvalue weighted by Crippen LogP contribution is 2.16. The minimum Gasteiger partial charge on any atom is -0.337 e. The van der Waals surface area contributed by atoms with Crippen LogP contribution in [-0.4, -0.2) is 15.4 Å². The molecule has 0 atom stereocenters. The zero-order valence-corrected chi connectivity index (χ0v) is 9.90. The third-order valence-electron chi connectivity index (χ3n) is 2.50. The Morgan fingerprint density at radius 1 is 1.12 bits per heavy atom. The second kappa shape index (κ2) is 5.71. The number of aromatic nitrogens is 2. The van der Waals surface area contributed by atoms with Crippen molar-refractivity contribution in [1.29, 1.82) is 0 Å². The van der Waals surface area contributed by atoms with Crippen LogP contribution in [0.2, 0.25) is 0 Å². The Balaban J connectivity index is 2.02. The minimum atomic E-state index is 0.736. The maximum absolute atomic E-state index is 5.64. The van der Waals surface area contributed by atoms with Gasteiger partial charge in [-0.1, -0.05) is 30.3 Å². The topological polar surface area (TPSA) is 17.8 Å². The average Bonchev–Trinajstić information content (AvgIpc) is 2.79. The van der Waals surface area contributed by atoms with Gasteiger partial charge >= 0.3 is 0 Å². The number of hydrogen-bond acceptors (Lipinski definition) is 1. The summed E-state index contributed by atoms with van der Waals surface area (Å²) in [6.45, 7) is 0.993. The molecule has 0 aliphatic rings. The van der Waals surface area contributed by atoms with Crippen molar-refractivity contribution in [2.75, 3.05) is 5.88 Å². The molecule has 0 saturated carbocycles. The number of hydrogen-bond donors (Lipinski definition) is 0. The van der Waals surface area contributed by atoms with Crippen LogP contribution in [0.4, 0.5) is 0 Å². The molecule has 0 N–H and O–H groups in total. The summed E-state index contributed by atoms with van der Waals surface area (Å²) < 4.78 is 2.12. The average molecular weight is 235 g/mol. The van der Waals surface area contributed by atoms with Gasteiger partial charge in [-0.05, 0) is 12.8 Å². The predicted molar refractivity (Wildman–Crippen MR) is 67.6 cm³/mol. The zero-order chi connectivity index (χ0) is 11.2. The molecule has 0 spiro atoms. The standard InChI is InChI=1S/C13H15ClN2/c14-8-4-5-9-16-10-13(15-11-16)12-6-2-1-3-7-12/h1-3,6-7,10-11H,4-5,8-9H2. The number of aryl methyl sites for hydroxylation is 1. The van der Waals surface area contributed by atoms with E-state index in [2.05, 4.69) is 27.9 Å². The lowest BCUT2D eigenvalue weighted by Crippen LogP contribution is -1.94. The quantitative estimate of drug-likeness (QED) is 0.571. The van der Waals surface area contributed by atoms with Gasteiger partial charge in [0.25, 0.3) is 0 Å². The SMILES string of the molecule is ClCCCCn1cnc(-c2ccccc2)c1. The molecule has 0 radical (unpaired) electrons. The molecule has 0 bridgehead atoms. The number of nitrogens with zero attached hydrogens (tertiary/aromatic N) is 2. The van der Waals surface area contributed by atoms with Crippen molar-refractivity contribution >= 4 is 11.6 Å². The minimum absolute atomic E-state index is 0.736. The molecular formula is C13H15ClN2. The molecule has 2 aromatic rings. The Hall–Kier alpha value is -1.28. The molecule has 1 aromatic carbocycles. The molecule has 84 valence electrons. The molecule has 2 nitrogen and oxygen atoms in total. The molecule has 1 heterocycles. The van der Waals surface area contributed by atoms with Crippen LogP contribution in [0.25, 0.3) is 11.3 Å². The van der Waals surface area contributed by atoms with Crippen molar-refractivity contribution in [3.05, 3.63) is 42.9 Å². The largest absolute Gasteiger partial charge is 0.337 e. The van der Waals surface area contributed by atoms with Gasteiger partial charge in [0.15, 0.2) is 0 Å². The van der Waals surface area contributed by atoms with Crippen LogP contribution in [0.15, 0.2) is 42.9 Å². The fourth-order valence-electron chi connectivity index (χ4n) is 1.63. The highest BCUT2D eigenvalue weighted by molar-refractivity contribution is 6.17. The molecule has 0 aliphatic heterocycles. The van der Waals surface area contributed by atoms with Gasteiger partial charge in [0.1, 0.15) is 0 Å². The lowest BCUT2D eigenvalue weighted by molar-refractivity contribution is 0.633. The highest BCUT2D eigenvalue weighted by Gasteiger charge is 2.00. The number of benzene rings is 1. The summed E-state index contributed by atoms with van der Waals surface area (Å²) >= 11 is 5.64. The van der Waals surface area contributed by atoms with Crippen LogP contribution in [0.5, 0.6) is 0 Å². The van der Waals surface area contributed by atoms with E-state index in [4.69, 9.17) is 11.6 Å². The van der Waals surface area contributed by atoms with Crippen LogP contribution >= 0.6 is 11.6 Å². The summed E-state index contributed by atoms with van der Waals surface area (Å²) in [5.74, 6) is 0.736.